The van der Waals surface area contributed by atoms with Crippen molar-refractivity contribution in [3.63, 3.8) is 0 Å². The van der Waals surface area contributed by atoms with Gasteiger partial charge >= 0.3 is 6.09 Å². The summed E-state index contributed by atoms with van der Waals surface area (Å²) >= 11 is 5.43. The molecule has 0 aliphatic rings. The van der Waals surface area contributed by atoms with Crippen molar-refractivity contribution in [1.82, 2.24) is 4.90 Å². The average molecular weight is 552 g/mol. The fourth-order valence-electron chi connectivity index (χ4n) is 3.61. The van der Waals surface area contributed by atoms with E-state index in [9.17, 15) is 9.90 Å². The number of nitrogens with one attached hydrogen (secondary N) is 2. The van der Waals surface area contributed by atoms with Crippen LogP contribution in [0.15, 0.2) is 78.9 Å². The second-order valence-corrected chi connectivity index (χ2v) is 10.4. The lowest BCUT2D eigenvalue weighted by atomic mass is 10.1. The van der Waals surface area contributed by atoms with Crippen molar-refractivity contribution >= 4 is 34.8 Å². The molecule has 1 amide bonds. The molecule has 0 heterocycles. The third kappa shape index (κ3) is 10.8. The lowest BCUT2D eigenvalue weighted by Gasteiger charge is -2.29. The molecule has 0 radical (unpaired) electrons. The van der Waals surface area contributed by atoms with Crippen LogP contribution in [0.2, 0.25) is 0 Å². The molecule has 8 nitrogen and oxygen atoms in total. The summed E-state index contributed by atoms with van der Waals surface area (Å²) in [5.41, 5.74) is 2.03. The zero-order valence-corrected chi connectivity index (χ0v) is 23.7. The topological polar surface area (TPSA) is 92.3 Å². The van der Waals surface area contributed by atoms with Crippen LogP contribution in [-0.2, 0) is 11.2 Å². The van der Waals surface area contributed by atoms with Crippen molar-refractivity contribution in [2.75, 3.05) is 37.4 Å². The highest BCUT2D eigenvalue weighted by Gasteiger charge is 2.24. The van der Waals surface area contributed by atoms with Gasteiger partial charge in [0.2, 0.25) is 0 Å². The van der Waals surface area contributed by atoms with E-state index in [0.717, 1.165) is 22.7 Å². The van der Waals surface area contributed by atoms with Gasteiger partial charge in [0.25, 0.3) is 0 Å². The molecule has 0 unspecified atom stereocenters. The number of carbonyl (C=O) groups excluding carboxylic acids is 1. The molecule has 0 aliphatic carbocycles. The monoisotopic (exact) mass is 551 g/mol. The predicted molar refractivity (Wildman–Crippen MR) is 159 cm³/mol. The molecule has 3 aromatic rings. The number of amides is 1. The molecule has 0 saturated carbocycles. The van der Waals surface area contributed by atoms with Crippen molar-refractivity contribution in [3.05, 3.63) is 84.4 Å². The van der Waals surface area contributed by atoms with Crippen LogP contribution in [0.1, 0.15) is 26.3 Å². The van der Waals surface area contributed by atoms with Gasteiger partial charge in [-0.3, -0.25) is 0 Å². The number of anilines is 2. The first-order chi connectivity index (χ1) is 18.6. The van der Waals surface area contributed by atoms with Gasteiger partial charge in [-0.2, -0.15) is 0 Å². The normalized spacial score (nSPS) is 11.7. The van der Waals surface area contributed by atoms with Crippen LogP contribution in [-0.4, -0.2) is 59.7 Å². The third-order valence-corrected chi connectivity index (χ3v) is 5.68. The van der Waals surface area contributed by atoms with Gasteiger partial charge in [-0.25, -0.2) is 4.79 Å². The summed E-state index contributed by atoms with van der Waals surface area (Å²) in [6.45, 7) is 5.98. The summed E-state index contributed by atoms with van der Waals surface area (Å²) in [7, 11) is 1.62. The van der Waals surface area contributed by atoms with E-state index in [1.54, 1.807) is 7.11 Å². The summed E-state index contributed by atoms with van der Waals surface area (Å²) in [4.78, 5) is 14.4. The minimum absolute atomic E-state index is 0.0629. The number of benzene rings is 3. The van der Waals surface area contributed by atoms with E-state index in [4.69, 9.17) is 26.4 Å². The van der Waals surface area contributed by atoms with E-state index in [0.29, 0.717) is 23.8 Å². The lowest BCUT2D eigenvalue weighted by molar-refractivity contribution is 0.00945. The highest BCUT2D eigenvalue weighted by atomic mass is 32.1. The fraction of sp³-hybridized carbons (Fsp3) is 0.333. The Balaban J connectivity index is 1.54. The molecule has 208 valence electrons. The Morgan fingerprint density at radius 3 is 2.28 bits per heavy atom. The molecule has 0 fully saturated rings. The Bertz CT molecular complexity index is 1200. The second-order valence-electron chi connectivity index (χ2n) is 9.96. The van der Waals surface area contributed by atoms with E-state index in [-0.39, 0.29) is 13.2 Å². The van der Waals surface area contributed by atoms with Gasteiger partial charge in [0.1, 0.15) is 29.8 Å². The number of rotatable bonds is 11. The van der Waals surface area contributed by atoms with Crippen LogP contribution in [0.5, 0.6) is 11.5 Å². The second kappa shape index (κ2) is 14.4. The zero-order chi connectivity index (χ0) is 28.3. The fourth-order valence-corrected chi connectivity index (χ4v) is 3.85. The Hall–Kier alpha value is -3.82. The third-order valence-electron chi connectivity index (χ3n) is 5.48. The first kappa shape index (κ1) is 29.7. The van der Waals surface area contributed by atoms with Crippen molar-refractivity contribution in [2.45, 2.75) is 38.9 Å². The number of hydrogen-bond donors (Lipinski definition) is 3. The number of carbonyl (C=O) groups is 1. The van der Waals surface area contributed by atoms with Crippen LogP contribution >= 0.6 is 12.2 Å². The number of hydrogen-bond acceptors (Lipinski definition) is 6. The molecule has 3 rings (SSSR count). The van der Waals surface area contributed by atoms with Crippen molar-refractivity contribution in [3.8, 4) is 11.5 Å². The summed E-state index contributed by atoms with van der Waals surface area (Å²) in [6, 6.07) is 24.6. The van der Waals surface area contributed by atoms with Crippen LogP contribution in [0.25, 0.3) is 0 Å². The minimum Gasteiger partial charge on any atom is -0.497 e. The predicted octanol–water partition coefficient (Wildman–Crippen LogP) is 5.72. The minimum atomic E-state index is -0.873. The molecular weight excluding hydrogens is 514 g/mol. The molecule has 3 N–H and O–H groups in total. The first-order valence-electron chi connectivity index (χ1n) is 12.8. The van der Waals surface area contributed by atoms with Gasteiger partial charge in [0, 0.05) is 24.0 Å². The number of nitrogens with zero attached hydrogens (tertiary/aromatic N) is 1. The van der Waals surface area contributed by atoms with Crippen molar-refractivity contribution in [1.29, 1.82) is 0 Å². The highest BCUT2D eigenvalue weighted by molar-refractivity contribution is 7.80. The number of aliphatic hydroxyl groups excluding tert-OH is 1. The number of thiocarbonyl (C=S) groups is 1. The largest absolute Gasteiger partial charge is 0.497 e. The van der Waals surface area contributed by atoms with Gasteiger partial charge in [0.05, 0.1) is 13.7 Å². The molecule has 0 aliphatic heterocycles. The lowest BCUT2D eigenvalue weighted by Crippen LogP contribution is -2.43. The first-order valence-corrected chi connectivity index (χ1v) is 13.2. The zero-order valence-electron chi connectivity index (χ0n) is 22.8. The summed E-state index contributed by atoms with van der Waals surface area (Å²) in [5, 5.41) is 17.3. The van der Waals surface area contributed by atoms with Crippen LogP contribution in [0.3, 0.4) is 0 Å². The molecule has 3 aromatic carbocycles. The molecule has 9 heteroatoms. The smallest absolute Gasteiger partial charge is 0.410 e. The average Bonchev–Trinajstić information content (AvgIpc) is 2.90. The number of methoxy groups -OCH3 is 1. The summed E-state index contributed by atoms with van der Waals surface area (Å²) in [6.07, 6.45) is -0.769. The number of ether oxygens (including phenoxy) is 3. The van der Waals surface area contributed by atoms with Crippen molar-refractivity contribution in [2.24, 2.45) is 0 Å². The Morgan fingerprint density at radius 1 is 0.949 bits per heavy atom. The maximum atomic E-state index is 12.9. The van der Waals surface area contributed by atoms with Gasteiger partial charge in [-0.1, -0.05) is 36.4 Å². The van der Waals surface area contributed by atoms with Crippen molar-refractivity contribution < 1.29 is 24.1 Å². The van der Waals surface area contributed by atoms with Crippen LogP contribution in [0.4, 0.5) is 16.2 Å². The molecule has 39 heavy (non-hydrogen) atoms. The van der Waals surface area contributed by atoms with Crippen LogP contribution < -0.4 is 20.1 Å². The van der Waals surface area contributed by atoms with Gasteiger partial charge in [-0.15, -0.1) is 0 Å². The van der Waals surface area contributed by atoms with Gasteiger partial charge in [0.15, 0.2) is 5.11 Å². The van der Waals surface area contributed by atoms with E-state index < -0.39 is 17.8 Å². The molecule has 0 bridgehead atoms. The van der Waals surface area contributed by atoms with Gasteiger partial charge in [-0.05, 0) is 81.4 Å². The molecule has 0 spiro atoms. The Morgan fingerprint density at radius 2 is 1.62 bits per heavy atom. The van der Waals surface area contributed by atoms with E-state index >= 15 is 0 Å². The van der Waals surface area contributed by atoms with E-state index in [1.165, 1.54) is 4.90 Å². The summed E-state index contributed by atoms with van der Waals surface area (Å²) < 4.78 is 16.5. The van der Waals surface area contributed by atoms with Gasteiger partial charge < -0.3 is 34.9 Å². The molecule has 0 aromatic heterocycles. The Kier molecular flexibility index (Phi) is 11.0. The molecular formula is C30H37N3O5S. The van der Waals surface area contributed by atoms with E-state index in [2.05, 4.69) is 10.6 Å². The SMILES string of the molecule is COc1cccc(NC(=S)Nc2ccc(CCN(C[C@H](O)COc3ccccc3)C(=O)OC(C)(C)C)cc2)c1. The maximum absolute atomic E-state index is 12.9. The maximum Gasteiger partial charge on any atom is 0.410 e. The van der Waals surface area contributed by atoms with Crippen LogP contribution in [0, 0.1) is 0 Å². The Labute approximate surface area is 235 Å². The summed E-state index contributed by atoms with van der Waals surface area (Å²) in [5.74, 6) is 1.40. The highest BCUT2D eigenvalue weighted by Crippen LogP contribution is 2.18. The quantitative estimate of drug-likeness (QED) is 0.261. The molecule has 1 atom stereocenters. The number of aliphatic hydroxyl groups is 1. The standard InChI is InChI=1S/C30H37N3O5S/c1-30(2,3)38-29(35)33(20-25(34)21-37-26-10-6-5-7-11-26)18-17-22-13-15-23(16-14-22)31-28(39)32-24-9-8-12-27(19-24)36-4/h5-16,19,25,34H,17-18,20-21H2,1-4H3,(H2,31,32,39)/t25-/m0/s1. The number of para-hydroxylation sites is 1. The molecule has 0 saturated heterocycles. The van der Waals surface area contributed by atoms with E-state index in [1.807, 2.05) is 99.6 Å².